The quantitative estimate of drug-likeness (QED) is 0.216. The Morgan fingerprint density at radius 1 is 0.405 bits per heavy atom. The van der Waals surface area contributed by atoms with Gasteiger partial charge in [-0.3, -0.25) is 0 Å². The van der Waals surface area contributed by atoms with Gasteiger partial charge in [0, 0.05) is 0 Å². The average Bonchev–Trinajstić information content (AvgIpc) is 2.82. The summed E-state index contributed by atoms with van der Waals surface area (Å²) < 4.78 is 5.50. The summed E-state index contributed by atoms with van der Waals surface area (Å²) >= 11 is -2.40. The molecule has 4 heteroatoms. The summed E-state index contributed by atoms with van der Waals surface area (Å²) in [7, 11) is -4.93. The molecule has 0 heterocycles. The number of benzene rings is 3. The standard InChI is InChI=1S/3C11H15Si.Ga/c3*1-12(2,3)10-9-11-7-5-4-6-8-11;/h3*4-9H,1-3H3;. The van der Waals surface area contributed by atoms with Gasteiger partial charge in [0.2, 0.25) is 0 Å². The van der Waals surface area contributed by atoms with Gasteiger partial charge >= 0.3 is 237 Å². The topological polar surface area (TPSA) is 0 Å². The minimum absolute atomic E-state index is 1.36. The molecule has 0 unspecified atom stereocenters. The van der Waals surface area contributed by atoms with Gasteiger partial charge in [0.1, 0.15) is 0 Å². The summed E-state index contributed by atoms with van der Waals surface area (Å²) in [4.78, 5) is 0. The van der Waals surface area contributed by atoms with Crippen LogP contribution in [0.3, 0.4) is 0 Å². The van der Waals surface area contributed by atoms with E-state index in [9.17, 15) is 0 Å². The fraction of sp³-hybridized carbons (Fsp3) is 0.273. The molecule has 0 bridgehead atoms. The van der Waals surface area contributed by atoms with Gasteiger partial charge in [0.15, 0.2) is 0 Å². The van der Waals surface area contributed by atoms with Crippen LogP contribution in [0.1, 0.15) is 16.7 Å². The van der Waals surface area contributed by atoms with Crippen molar-refractivity contribution in [3.63, 3.8) is 0 Å². The zero-order valence-electron chi connectivity index (χ0n) is 24.5. The second kappa shape index (κ2) is 12.3. The third-order valence-electron chi connectivity index (χ3n) is 6.90. The first kappa shape index (κ1) is 29.7. The molecule has 0 aromatic heterocycles. The third kappa shape index (κ3) is 8.59. The van der Waals surface area contributed by atoms with Crippen LogP contribution in [0.25, 0.3) is 18.2 Å². The Balaban J connectivity index is 2.44. The van der Waals surface area contributed by atoms with Crippen molar-refractivity contribution in [1.82, 2.24) is 0 Å². The van der Waals surface area contributed by atoms with E-state index in [0.29, 0.717) is 0 Å². The van der Waals surface area contributed by atoms with Crippen LogP contribution < -0.4 is 0 Å². The maximum atomic E-state index is 2.63. The van der Waals surface area contributed by atoms with Crippen LogP contribution in [-0.4, -0.2) is 40.4 Å². The predicted molar refractivity (Wildman–Crippen MR) is 179 cm³/mol. The van der Waals surface area contributed by atoms with Crippen LogP contribution >= 0.6 is 0 Å². The van der Waals surface area contributed by atoms with E-state index in [0.717, 1.165) is 0 Å². The molecule has 0 aliphatic heterocycles. The Morgan fingerprint density at radius 3 is 0.811 bits per heavy atom. The van der Waals surface area contributed by atoms with E-state index in [1.54, 1.807) is 0 Å². The van der Waals surface area contributed by atoms with Crippen LogP contribution in [0.5, 0.6) is 0 Å². The molecule has 0 fully saturated rings. The fourth-order valence-corrected chi connectivity index (χ4v) is 37.1. The zero-order chi connectivity index (χ0) is 27.3. The molecule has 0 spiro atoms. The second-order valence-corrected chi connectivity index (χ2v) is 37.8. The first-order valence-electron chi connectivity index (χ1n) is 13.6. The summed E-state index contributed by atoms with van der Waals surface area (Å²) in [6, 6.07) is 33.3. The molecule has 0 atom stereocenters. The van der Waals surface area contributed by atoms with Crippen molar-refractivity contribution in [2.45, 2.75) is 58.9 Å². The van der Waals surface area contributed by atoms with Gasteiger partial charge in [0.25, 0.3) is 0 Å². The van der Waals surface area contributed by atoms with Crippen molar-refractivity contribution in [3.8, 4) is 0 Å². The molecule has 3 rings (SSSR count). The van der Waals surface area contributed by atoms with E-state index >= 15 is 0 Å². The minimum atomic E-state index is -2.40. The SMILES string of the molecule is C[Si](C)(C)/[C](=C/c1ccccc1)[Ga](/[C](=C\c1ccccc1)[Si](C)(C)C)/[C](=C/c1ccccc1)[Si](C)(C)C. The second-order valence-electron chi connectivity index (χ2n) is 13.2. The molecule has 37 heavy (non-hydrogen) atoms. The number of hydrogen-bond donors (Lipinski definition) is 0. The molecule has 0 amide bonds. The molecule has 0 saturated heterocycles. The summed E-state index contributed by atoms with van der Waals surface area (Å²) in [6.07, 6.45) is 7.90. The summed E-state index contributed by atoms with van der Waals surface area (Å²) in [6.45, 7) is 23.2. The Labute approximate surface area is 235 Å². The zero-order valence-corrected chi connectivity index (χ0v) is 29.9. The van der Waals surface area contributed by atoms with Crippen molar-refractivity contribution < 1.29 is 0 Å². The molecule has 0 N–H and O–H groups in total. The van der Waals surface area contributed by atoms with Crippen molar-refractivity contribution in [3.05, 3.63) is 119 Å². The van der Waals surface area contributed by atoms with E-state index in [4.69, 9.17) is 0 Å². The van der Waals surface area contributed by atoms with Crippen LogP contribution in [0.4, 0.5) is 0 Å². The van der Waals surface area contributed by atoms with Gasteiger partial charge in [-0.2, -0.15) is 0 Å². The Kier molecular flexibility index (Phi) is 9.92. The Morgan fingerprint density at radius 2 is 0.622 bits per heavy atom. The molecule has 192 valence electrons. The fourth-order valence-electron chi connectivity index (χ4n) is 4.89. The van der Waals surface area contributed by atoms with Crippen LogP contribution in [-0.2, 0) is 0 Å². The summed E-state index contributed by atoms with van der Waals surface area (Å²) in [5.74, 6) is 0. The molecule has 0 aliphatic carbocycles. The predicted octanol–water partition coefficient (Wildman–Crippen LogP) is 9.98. The van der Waals surface area contributed by atoms with Crippen molar-refractivity contribution in [1.29, 1.82) is 0 Å². The van der Waals surface area contributed by atoms with E-state index in [1.165, 1.54) is 16.7 Å². The molecule has 3 aromatic rings. The van der Waals surface area contributed by atoms with Gasteiger partial charge in [-0.05, 0) is 0 Å². The first-order chi connectivity index (χ1) is 17.3. The van der Waals surface area contributed by atoms with Gasteiger partial charge < -0.3 is 0 Å². The maximum absolute atomic E-state index is 2.63. The summed E-state index contributed by atoms with van der Waals surface area (Å²) in [5, 5.41) is 0. The number of rotatable bonds is 9. The normalized spacial score (nSPS) is 14.0. The Hall–Kier alpha value is -1.83. The molecule has 3 aromatic carbocycles. The first-order valence-corrected chi connectivity index (χ1v) is 27.7. The molecular weight excluding hydrogens is 550 g/mol. The van der Waals surface area contributed by atoms with Gasteiger partial charge in [-0.1, -0.05) is 0 Å². The van der Waals surface area contributed by atoms with Gasteiger partial charge in [-0.25, -0.2) is 0 Å². The number of hydrogen-bond acceptors (Lipinski definition) is 0. The molecule has 0 radical (unpaired) electrons. The molecule has 0 nitrogen and oxygen atoms in total. The Bertz CT molecular complexity index is 1080. The van der Waals surface area contributed by atoms with Gasteiger partial charge in [0.05, 0.1) is 0 Å². The van der Waals surface area contributed by atoms with Crippen molar-refractivity contribution >= 4 is 58.7 Å². The summed E-state index contributed by atoms with van der Waals surface area (Å²) in [5.41, 5.74) is 4.08. The molecular formula is C33H45GaSi3. The third-order valence-corrected chi connectivity index (χ3v) is 38.3. The van der Waals surface area contributed by atoms with E-state index in [-0.39, 0.29) is 0 Å². The monoisotopic (exact) mass is 594 g/mol. The van der Waals surface area contributed by atoms with E-state index in [2.05, 4.69) is 168 Å². The van der Waals surface area contributed by atoms with Gasteiger partial charge in [-0.15, -0.1) is 0 Å². The van der Waals surface area contributed by atoms with Crippen molar-refractivity contribution in [2.75, 3.05) is 0 Å². The van der Waals surface area contributed by atoms with Crippen molar-refractivity contribution in [2.24, 2.45) is 0 Å². The van der Waals surface area contributed by atoms with Crippen LogP contribution in [0, 0.1) is 0 Å². The van der Waals surface area contributed by atoms with E-state index in [1.807, 2.05) is 11.3 Å². The van der Waals surface area contributed by atoms with Crippen LogP contribution in [0.2, 0.25) is 58.9 Å². The average molecular weight is 596 g/mol. The van der Waals surface area contributed by atoms with Crippen LogP contribution in [0.15, 0.2) is 102 Å². The molecule has 0 aliphatic rings. The van der Waals surface area contributed by atoms with E-state index < -0.39 is 40.4 Å². The molecule has 0 saturated carbocycles.